The Bertz CT molecular complexity index is 813. The van der Waals surface area contributed by atoms with Crippen LogP contribution < -0.4 is 0 Å². The van der Waals surface area contributed by atoms with E-state index in [2.05, 4.69) is 0 Å². The second-order valence-corrected chi connectivity index (χ2v) is 6.40. The minimum absolute atomic E-state index is 0.0256. The van der Waals surface area contributed by atoms with Gasteiger partial charge in [-0.2, -0.15) is 26.3 Å². The van der Waals surface area contributed by atoms with Crippen LogP contribution in [-0.2, 0) is 12.4 Å². The maximum Gasteiger partial charge on any atom is 0.416 e. The van der Waals surface area contributed by atoms with E-state index in [0.29, 0.717) is 24.3 Å². The molecule has 2 aromatic carbocycles. The average molecular weight is 415 g/mol. The molecule has 2 aromatic rings. The van der Waals surface area contributed by atoms with Gasteiger partial charge in [0.25, 0.3) is 0 Å². The lowest BCUT2D eigenvalue weighted by atomic mass is 9.93. The highest BCUT2D eigenvalue weighted by Crippen LogP contribution is 2.37. The molecule has 0 aromatic heterocycles. The van der Waals surface area contributed by atoms with Crippen LogP contribution in [0.2, 0.25) is 10.0 Å². The molecule has 0 fully saturated rings. The van der Waals surface area contributed by atoms with Gasteiger partial charge in [0, 0.05) is 21.2 Å². The average Bonchev–Trinajstić information content (AvgIpc) is 2.49. The molecule has 9 heteroatoms. The molecule has 0 atom stereocenters. The zero-order valence-corrected chi connectivity index (χ0v) is 14.8. The first-order valence-electron chi connectivity index (χ1n) is 7.03. The van der Waals surface area contributed by atoms with Gasteiger partial charge in [-0.3, -0.25) is 4.79 Å². The molecular weight excluding hydrogens is 405 g/mol. The lowest BCUT2D eigenvalue weighted by Crippen LogP contribution is -2.13. The van der Waals surface area contributed by atoms with Crippen LogP contribution in [-0.4, -0.2) is 5.78 Å². The molecule has 140 valence electrons. The molecule has 1 nitrogen and oxygen atoms in total. The molecule has 0 aliphatic rings. The van der Waals surface area contributed by atoms with Gasteiger partial charge in [-0.1, -0.05) is 23.2 Å². The van der Waals surface area contributed by atoms with Gasteiger partial charge in [0.05, 0.1) is 11.1 Å². The summed E-state index contributed by atoms with van der Waals surface area (Å²) in [6.07, 6.45) is -9.54. The summed E-state index contributed by atoms with van der Waals surface area (Å²) in [5, 5.41) is -0.641. The quantitative estimate of drug-likeness (QED) is 0.386. The standard InChI is InChI=1S/C17H10Cl2F6O/c1-7-11(3-9(5-13(7)18)16(20,21)22)15(26)12-4-10(17(23,24)25)6-14(19)8(12)2/h3-6H,1-2H3. The molecular formula is C17H10Cl2F6O. The zero-order chi connectivity index (χ0) is 20.0. The number of hydrogen-bond donors (Lipinski definition) is 0. The van der Waals surface area contributed by atoms with Gasteiger partial charge in [0.15, 0.2) is 5.78 Å². The molecule has 0 aliphatic carbocycles. The highest BCUT2D eigenvalue weighted by molar-refractivity contribution is 6.33. The maximum absolute atomic E-state index is 13.0. The van der Waals surface area contributed by atoms with Gasteiger partial charge in [0.1, 0.15) is 0 Å². The molecule has 2 rings (SSSR count). The number of rotatable bonds is 2. The maximum atomic E-state index is 13.0. The number of carbonyl (C=O) groups is 1. The first-order chi connectivity index (χ1) is 11.7. The fraction of sp³-hybridized carbons (Fsp3) is 0.235. The van der Waals surface area contributed by atoms with Crippen molar-refractivity contribution >= 4 is 29.0 Å². The normalized spacial score (nSPS) is 12.4. The SMILES string of the molecule is Cc1c(Cl)cc(C(F)(F)F)cc1C(=O)c1cc(C(F)(F)F)cc(Cl)c1C. The molecule has 0 radical (unpaired) electrons. The minimum atomic E-state index is -4.77. The summed E-state index contributed by atoms with van der Waals surface area (Å²) in [5.74, 6) is -1.03. The predicted octanol–water partition coefficient (Wildman–Crippen LogP) is 6.88. The lowest BCUT2D eigenvalue weighted by molar-refractivity contribution is -0.138. The van der Waals surface area contributed by atoms with Crippen LogP contribution in [0.4, 0.5) is 26.3 Å². The summed E-state index contributed by atoms with van der Waals surface area (Å²) < 4.78 is 77.8. The molecule has 26 heavy (non-hydrogen) atoms. The Morgan fingerprint density at radius 1 is 0.731 bits per heavy atom. The highest BCUT2D eigenvalue weighted by atomic mass is 35.5. The molecule has 0 aliphatic heterocycles. The van der Waals surface area contributed by atoms with Gasteiger partial charge >= 0.3 is 12.4 Å². The van der Waals surface area contributed by atoms with Crippen molar-refractivity contribution in [2.45, 2.75) is 26.2 Å². The Labute approximate surface area is 154 Å². The minimum Gasteiger partial charge on any atom is -0.289 e. The van der Waals surface area contributed by atoms with Crippen LogP contribution in [0.15, 0.2) is 24.3 Å². The Hall–Kier alpha value is -1.73. The number of benzene rings is 2. The van der Waals surface area contributed by atoms with Crippen molar-refractivity contribution in [2.75, 3.05) is 0 Å². The first-order valence-corrected chi connectivity index (χ1v) is 7.78. The van der Waals surface area contributed by atoms with Gasteiger partial charge < -0.3 is 0 Å². The third-order valence-corrected chi connectivity index (χ3v) is 4.62. The summed E-state index contributed by atoms with van der Waals surface area (Å²) in [7, 11) is 0. The molecule has 0 saturated heterocycles. The van der Waals surface area contributed by atoms with Crippen molar-refractivity contribution in [3.05, 3.63) is 67.7 Å². The van der Waals surface area contributed by atoms with Crippen molar-refractivity contribution < 1.29 is 31.1 Å². The van der Waals surface area contributed by atoms with Gasteiger partial charge in [-0.05, 0) is 49.2 Å². The Kier molecular flexibility index (Phi) is 5.36. The van der Waals surface area contributed by atoms with E-state index in [1.54, 1.807) is 0 Å². The number of alkyl halides is 6. The van der Waals surface area contributed by atoms with E-state index in [4.69, 9.17) is 23.2 Å². The van der Waals surface area contributed by atoms with Crippen molar-refractivity contribution in [1.82, 2.24) is 0 Å². The number of hydrogen-bond acceptors (Lipinski definition) is 1. The molecule has 0 unspecified atom stereocenters. The van der Waals surface area contributed by atoms with Gasteiger partial charge in [-0.25, -0.2) is 0 Å². The summed E-state index contributed by atoms with van der Waals surface area (Å²) >= 11 is 11.5. The van der Waals surface area contributed by atoms with E-state index in [1.807, 2.05) is 0 Å². The van der Waals surface area contributed by atoms with Crippen LogP contribution in [0.1, 0.15) is 38.2 Å². The van der Waals surface area contributed by atoms with Crippen molar-refractivity contribution in [2.24, 2.45) is 0 Å². The van der Waals surface area contributed by atoms with E-state index >= 15 is 0 Å². The summed E-state index contributed by atoms with van der Waals surface area (Å²) in [5.41, 5.74) is -3.18. The third-order valence-electron chi connectivity index (χ3n) is 3.83. The van der Waals surface area contributed by atoms with Gasteiger partial charge in [0.2, 0.25) is 0 Å². The number of halogens is 8. The molecule has 0 N–H and O–H groups in total. The third kappa shape index (κ3) is 3.99. The van der Waals surface area contributed by atoms with Gasteiger partial charge in [-0.15, -0.1) is 0 Å². The molecule has 0 heterocycles. The fourth-order valence-electron chi connectivity index (χ4n) is 2.30. The Morgan fingerprint density at radius 2 is 1.04 bits per heavy atom. The Balaban J connectivity index is 2.71. The van der Waals surface area contributed by atoms with Crippen LogP contribution in [0.3, 0.4) is 0 Å². The monoisotopic (exact) mass is 414 g/mol. The zero-order valence-electron chi connectivity index (χ0n) is 13.2. The van der Waals surface area contributed by atoms with E-state index < -0.39 is 40.4 Å². The van der Waals surface area contributed by atoms with E-state index in [1.165, 1.54) is 13.8 Å². The van der Waals surface area contributed by atoms with E-state index in [9.17, 15) is 31.1 Å². The highest BCUT2D eigenvalue weighted by Gasteiger charge is 2.35. The summed E-state index contributed by atoms with van der Waals surface area (Å²) in [6.45, 7) is 2.61. The number of carbonyl (C=O) groups excluding carboxylic acids is 1. The van der Waals surface area contributed by atoms with Crippen molar-refractivity contribution in [1.29, 1.82) is 0 Å². The van der Waals surface area contributed by atoms with Crippen LogP contribution in [0.25, 0.3) is 0 Å². The van der Waals surface area contributed by atoms with E-state index in [0.717, 1.165) is 0 Å². The van der Waals surface area contributed by atoms with Crippen LogP contribution in [0.5, 0.6) is 0 Å². The van der Waals surface area contributed by atoms with Crippen LogP contribution >= 0.6 is 23.2 Å². The Morgan fingerprint density at radius 3 is 1.31 bits per heavy atom. The summed E-state index contributed by atoms with van der Waals surface area (Å²) in [6, 6.07) is 2.44. The molecule has 0 saturated carbocycles. The smallest absolute Gasteiger partial charge is 0.289 e. The van der Waals surface area contributed by atoms with E-state index in [-0.39, 0.29) is 21.2 Å². The molecule has 0 bridgehead atoms. The predicted molar refractivity (Wildman–Crippen MR) is 85.8 cm³/mol. The van der Waals surface area contributed by atoms with Crippen LogP contribution in [0, 0.1) is 13.8 Å². The van der Waals surface area contributed by atoms with Crippen molar-refractivity contribution in [3.63, 3.8) is 0 Å². The molecule has 0 spiro atoms. The second-order valence-electron chi connectivity index (χ2n) is 5.59. The number of ketones is 1. The topological polar surface area (TPSA) is 17.1 Å². The largest absolute Gasteiger partial charge is 0.416 e. The summed E-state index contributed by atoms with van der Waals surface area (Å²) in [4.78, 5) is 12.7. The first kappa shape index (κ1) is 20.6. The fourth-order valence-corrected chi connectivity index (χ4v) is 2.74. The van der Waals surface area contributed by atoms with Crippen molar-refractivity contribution in [3.8, 4) is 0 Å². The molecule has 0 amide bonds. The lowest BCUT2D eigenvalue weighted by Gasteiger charge is -2.16. The second kappa shape index (κ2) is 6.78.